The Bertz CT molecular complexity index is 508. The number of hydrogen-bond acceptors (Lipinski definition) is 3. The Balaban J connectivity index is 2.02. The number of nitrogens with one attached hydrogen (secondary N) is 1. The molecular weight excluding hydrogens is 273 g/mol. The first-order chi connectivity index (χ1) is 8.70. The lowest BCUT2D eigenvalue weighted by molar-refractivity contribution is 0.269. The van der Waals surface area contributed by atoms with Crippen LogP contribution < -0.4 is 5.32 Å². The number of rotatable bonds is 5. The summed E-state index contributed by atoms with van der Waals surface area (Å²) in [4.78, 5) is 0. The third kappa shape index (κ3) is 3.16. The maximum atomic E-state index is 8.79. The Kier molecular flexibility index (Phi) is 4.47. The van der Waals surface area contributed by atoms with Gasteiger partial charge in [-0.3, -0.25) is 4.68 Å². The van der Waals surface area contributed by atoms with Crippen molar-refractivity contribution in [2.45, 2.75) is 13.1 Å². The van der Waals surface area contributed by atoms with Crippen molar-refractivity contribution in [3.05, 3.63) is 46.2 Å². The summed E-state index contributed by atoms with van der Waals surface area (Å²) in [6, 6.07) is 5.42. The van der Waals surface area contributed by atoms with Gasteiger partial charge >= 0.3 is 0 Å². The predicted octanol–water partition coefficient (Wildman–Crippen LogP) is 2.79. The molecule has 0 saturated heterocycles. The van der Waals surface area contributed by atoms with E-state index in [0.29, 0.717) is 23.1 Å². The van der Waals surface area contributed by atoms with Gasteiger partial charge in [0.1, 0.15) is 0 Å². The molecule has 0 bridgehead atoms. The van der Waals surface area contributed by atoms with E-state index in [1.54, 1.807) is 23.0 Å². The van der Waals surface area contributed by atoms with E-state index in [0.717, 1.165) is 11.3 Å². The van der Waals surface area contributed by atoms with E-state index in [-0.39, 0.29) is 6.61 Å². The van der Waals surface area contributed by atoms with Gasteiger partial charge in [-0.1, -0.05) is 29.3 Å². The maximum Gasteiger partial charge on any atom is 0.0729 e. The topological polar surface area (TPSA) is 50.1 Å². The zero-order chi connectivity index (χ0) is 13.0. The third-order valence-electron chi connectivity index (χ3n) is 2.49. The van der Waals surface area contributed by atoms with E-state index in [1.165, 1.54) is 0 Å². The van der Waals surface area contributed by atoms with Crippen molar-refractivity contribution in [3.8, 4) is 0 Å². The molecule has 0 spiro atoms. The number of nitrogens with zero attached hydrogens (tertiary/aromatic N) is 2. The van der Waals surface area contributed by atoms with Crippen LogP contribution in [0.3, 0.4) is 0 Å². The normalized spacial score (nSPS) is 10.6. The highest BCUT2D eigenvalue weighted by molar-refractivity contribution is 6.36. The van der Waals surface area contributed by atoms with E-state index in [9.17, 15) is 0 Å². The molecule has 1 aromatic carbocycles. The Labute approximate surface area is 115 Å². The molecule has 0 amide bonds. The Morgan fingerprint density at radius 3 is 2.67 bits per heavy atom. The Hall–Kier alpha value is -1.23. The molecule has 0 saturated carbocycles. The third-order valence-corrected chi connectivity index (χ3v) is 3.20. The highest BCUT2D eigenvalue weighted by Crippen LogP contribution is 2.25. The molecule has 96 valence electrons. The average molecular weight is 286 g/mol. The molecule has 0 atom stereocenters. The van der Waals surface area contributed by atoms with E-state index in [2.05, 4.69) is 10.4 Å². The van der Waals surface area contributed by atoms with Gasteiger partial charge < -0.3 is 10.4 Å². The summed E-state index contributed by atoms with van der Waals surface area (Å²) in [5.74, 6) is 0. The Morgan fingerprint density at radius 1 is 1.28 bits per heavy atom. The molecule has 1 heterocycles. The SMILES string of the molecule is OCCn1cc(NCc2c(Cl)cccc2Cl)cn1. The minimum Gasteiger partial charge on any atom is -0.394 e. The molecule has 4 nitrogen and oxygen atoms in total. The lowest BCUT2D eigenvalue weighted by atomic mass is 10.2. The monoisotopic (exact) mass is 285 g/mol. The van der Waals surface area contributed by atoms with Crippen LogP contribution in [0.5, 0.6) is 0 Å². The van der Waals surface area contributed by atoms with Crippen molar-refractivity contribution in [1.29, 1.82) is 0 Å². The second-order valence-electron chi connectivity index (χ2n) is 3.77. The number of anilines is 1. The van der Waals surface area contributed by atoms with Crippen LogP contribution in [-0.4, -0.2) is 21.5 Å². The van der Waals surface area contributed by atoms with E-state index >= 15 is 0 Å². The van der Waals surface area contributed by atoms with Crippen molar-refractivity contribution in [3.63, 3.8) is 0 Å². The smallest absolute Gasteiger partial charge is 0.0729 e. The zero-order valence-electron chi connectivity index (χ0n) is 9.61. The Morgan fingerprint density at radius 2 is 2.00 bits per heavy atom. The predicted molar refractivity (Wildman–Crippen MR) is 73.1 cm³/mol. The highest BCUT2D eigenvalue weighted by atomic mass is 35.5. The molecule has 2 N–H and O–H groups in total. The molecular formula is C12H13Cl2N3O. The van der Waals surface area contributed by atoms with Crippen LogP contribution in [0.4, 0.5) is 5.69 Å². The number of hydrogen-bond donors (Lipinski definition) is 2. The molecule has 0 aliphatic carbocycles. The fourth-order valence-electron chi connectivity index (χ4n) is 1.57. The van der Waals surface area contributed by atoms with Gasteiger partial charge in [0.15, 0.2) is 0 Å². The molecule has 0 aliphatic heterocycles. The van der Waals surface area contributed by atoms with Crippen LogP contribution in [0.2, 0.25) is 10.0 Å². The minimum atomic E-state index is 0.0669. The van der Waals surface area contributed by atoms with Gasteiger partial charge in [0.2, 0.25) is 0 Å². The van der Waals surface area contributed by atoms with E-state index < -0.39 is 0 Å². The largest absolute Gasteiger partial charge is 0.394 e. The van der Waals surface area contributed by atoms with Gasteiger partial charge in [-0.15, -0.1) is 0 Å². The highest BCUT2D eigenvalue weighted by Gasteiger charge is 2.05. The van der Waals surface area contributed by atoms with Crippen molar-refractivity contribution in [1.82, 2.24) is 9.78 Å². The number of benzene rings is 1. The molecule has 1 aromatic heterocycles. The minimum absolute atomic E-state index is 0.0669. The number of halogens is 2. The van der Waals surface area contributed by atoms with Crippen LogP contribution in [0.1, 0.15) is 5.56 Å². The van der Waals surface area contributed by atoms with Gasteiger partial charge in [-0.05, 0) is 12.1 Å². The molecule has 2 aromatic rings. The standard InChI is InChI=1S/C12H13Cl2N3O/c13-11-2-1-3-12(14)10(11)7-15-9-6-16-17(8-9)4-5-18/h1-3,6,8,15,18H,4-5,7H2. The quantitative estimate of drug-likeness (QED) is 0.888. The first-order valence-electron chi connectivity index (χ1n) is 5.51. The van der Waals surface area contributed by atoms with E-state index in [1.807, 2.05) is 12.3 Å². The molecule has 0 unspecified atom stereocenters. The summed E-state index contributed by atoms with van der Waals surface area (Å²) in [6.07, 6.45) is 3.52. The number of aliphatic hydroxyl groups is 1. The maximum absolute atomic E-state index is 8.79. The lowest BCUT2D eigenvalue weighted by Crippen LogP contribution is -2.02. The summed E-state index contributed by atoms with van der Waals surface area (Å²) < 4.78 is 1.66. The van der Waals surface area contributed by atoms with Crippen molar-refractivity contribution in [2.24, 2.45) is 0 Å². The van der Waals surface area contributed by atoms with Crippen LogP contribution in [0, 0.1) is 0 Å². The van der Waals surface area contributed by atoms with Gasteiger partial charge in [0, 0.05) is 28.4 Å². The van der Waals surface area contributed by atoms with Crippen LogP contribution in [0.25, 0.3) is 0 Å². The molecule has 0 radical (unpaired) electrons. The van der Waals surface area contributed by atoms with Crippen LogP contribution in [-0.2, 0) is 13.1 Å². The van der Waals surface area contributed by atoms with Gasteiger partial charge in [0.05, 0.1) is 25.0 Å². The first kappa shape index (κ1) is 13.2. The fourth-order valence-corrected chi connectivity index (χ4v) is 2.10. The van der Waals surface area contributed by atoms with E-state index in [4.69, 9.17) is 28.3 Å². The molecule has 6 heteroatoms. The number of aromatic nitrogens is 2. The molecule has 0 aliphatic rings. The first-order valence-corrected chi connectivity index (χ1v) is 6.26. The van der Waals surface area contributed by atoms with Crippen LogP contribution in [0.15, 0.2) is 30.6 Å². The van der Waals surface area contributed by atoms with Crippen molar-refractivity contribution >= 4 is 28.9 Å². The van der Waals surface area contributed by atoms with Gasteiger partial charge in [-0.25, -0.2) is 0 Å². The lowest BCUT2D eigenvalue weighted by Gasteiger charge is -2.07. The second-order valence-corrected chi connectivity index (χ2v) is 4.58. The summed E-state index contributed by atoms with van der Waals surface area (Å²) in [7, 11) is 0. The second kappa shape index (κ2) is 6.09. The zero-order valence-corrected chi connectivity index (χ0v) is 11.1. The summed E-state index contributed by atoms with van der Waals surface area (Å²) in [5, 5.41) is 17.3. The fraction of sp³-hybridized carbons (Fsp3) is 0.250. The van der Waals surface area contributed by atoms with Crippen molar-refractivity contribution in [2.75, 3.05) is 11.9 Å². The van der Waals surface area contributed by atoms with Gasteiger partial charge in [0.25, 0.3) is 0 Å². The number of aliphatic hydroxyl groups excluding tert-OH is 1. The van der Waals surface area contributed by atoms with Gasteiger partial charge in [-0.2, -0.15) is 5.10 Å². The molecule has 0 fully saturated rings. The molecule has 18 heavy (non-hydrogen) atoms. The summed E-state index contributed by atoms with van der Waals surface area (Å²) in [6.45, 7) is 1.08. The van der Waals surface area contributed by atoms with Crippen molar-refractivity contribution < 1.29 is 5.11 Å². The average Bonchev–Trinajstić information content (AvgIpc) is 2.77. The summed E-state index contributed by atoms with van der Waals surface area (Å²) >= 11 is 12.1. The van der Waals surface area contributed by atoms with Crippen LogP contribution >= 0.6 is 23.2 Å². The summed E-state index contributed by atoms with van der Waals surface area (Å²) in [5.41, 5.74) is 1.72. The molecule has 2 rings (SSSR count).